The Morgan fingerprint density at radius 1 is 0.594 bits per heavy atom. The van der Waals surface area contributed by atoms with Gasteiger partial charge < -0.3 is 13.3 Å². The van der Waals surface area contributed by atoms with Crippen LogP contribution < -0.4 is 0 Å². The lowest BCUT2D eigenvalue weighted by atomic mass is 9.93. The van der Waals surface area contributed by atoms with Crippen LogP contribution in [0.3, 0.4) is 0 Å². The highest BCUT2D eigenvalue weighted by atomic mass is 32.2. The quantitative estimate of drug-likeness (QED) is 0.150. The molecule has 0 amide bonds. The molecule has 0 radical (unpaired) electrons. The van der Waals surface area contributed by atoms with Crippen molar-refractivity contribution in [3.63, 3.8) is 0 Å². The van der Waals surface area contributed by atoms with Gasteiger partial charge in [0, 0.05) is 33.8 Å². The third-order valence-electron chi connectivity index (χ3n) is 4.26. The number of rotatable bonds is 14. The van der Waals surface area contributed by atoms with Crippen LogP contribution >= 0.6 is 11.8 Å². The molecule has 0 atom stereocenters. The third kappa shape index (κ3) is 5.78. The Kier molecular flexibility index (Phi) is 10.3. The van der Waals surface area contributed by atoms with Gasteiger partial charge in [0.25, 0.3) is 0 Å². The van der Waals surface area contributed by atoms with Gasteiger partial charge in [-0.25, -0.2) is 0 Å². The topological polar surface area (TPSA) is 27.7 Å². The molecule has 0 heterocycles. The molecule has 0 bridgehead atoms. The van der Waals surface area contributed by atoms with Gasteiger partial charge in [0.1, 0.15) is 0 Å². The van der Waals surface area contributed by atoms with Crippen molar-refractivity contribution in [2.24, 2.45) is 0 Å². The molecule has 0 saturated heterocycles. The third-order valence-corrected chi connectivity index (χ3v) is 8.17. The zero-order valence-corrected chi connectivity index (χ0v) is 18.4. The molecule has 194 valence electrons. The van der Waals surface area contributed by atoms with Crippen LogP contribution in [0.1, 0.15) is 12.8 Å². The number of thioether (sulfide) groups is 1. The Morgan fingerprint density at radius 2 is 1.00 bits per heavy atom. The van der Waals surface area contributed by atoms with Gasteiger partial charge in [-0.2, -0.15) is 68.8 Å². The van der Waals surface area contributed by atoms with Crippen LogP contribution in [0.15, 0.2) is 0 Å². The molecule has 0 spiro atoms. The number of halogens is 13. The molecular weight excluding hydrogens is 523 g/mol. The molecule has 0 saturated carbocycles. The SMILES string of the molecule is CO[Si](CCCSCCC(F)(F)C(F)(F)C(F)(F)C(F)(F)C(F)(F)C(F)(F)F)(OC)OC. The second kappa shape index (κ2) is 10.4. The Bertz CT molecular complexity index is 589. The summed E-state index contributed by atoms with van der Waals surface area (Å²) >= 11 is 0.478. The second-order valence-electron chi connectivity index (χ2n) is 6.26. The molecule has 0 aromatic carbocycles. The van der Waals surface area contributed by atoms with E-state index in [0.717, 1.165) is 0 Å². The van der Waals surface area contributed by atoms with Crippen LogP contribution in [0.5, 0.6) is 0 Å². The van der Waals surface area contributed by atoms with Crippen LogP contribution in [0.2, 0.25) is 6.04 Å². The molecule has 0 aliphatic rings. The fourth-order valence-electron chi connectivity index (χ4n) is 2.21. The normalized spacial score (nSPS) is 15.4. The van der Waals surface area contributed by atoms with Crippen molar-refractivity contribution in [2.45, 2.75) is 54.7 Å². The molecule has 18 heteroatoms. The lowest BCUT2D eigenvalue weighted by Gasteiger charge is -2.39. The molecule has 0 aromatic rings. The maximum absolute atomic E-state index is 13.6. The summed E-state index contributed by atoms with van der Waals surface area (Å²) in [5.41, 5.74) is 0. The van der Waals surface area contributed by atoms with E-state index < -0.39 is 56.8 Å². The molecule has 0 aliphatic heterocycles. The smallest absolute Gasteiger partial charge is 0.377 e. The molecule has 3 nitrogen and oxygen atoms in total. The summed E-state index contributed by atoms with van der Waals surface area (Å²) in [6, 6.07) is 0.132. The Labute approximate surface area is 179 Å². The molecule has 0 N–H and O–H groups in total. The van der Waals surface area contributed by atoms with E-state index in [1.165, 1.54) is 21.3 Å². The van der Waals surface area contributed by atoms with E-state index >= 15 is 0 Å². The summed E-state index contributed by atoms with van der Waals surface area (Å²) in [4.78, 5) is 0. The largest absolute Gasteiger partial charge is 0.500 e. The lowest BCUT2D eigenvalue weighted by molar-refractivity contribution is -0.439. The fraction of sp³-hybridized carbons (Fsp3) is 1.00. The van der Waals surface area contributed by atoms with Gasteiger partial charge in [-0.05, 0) is 17.9 Å². The number of hydrogen-bond donors (Lipinski definition) is 0. The standard InChI is InChI=1S/C14H19F13O3SSi/c1-28-32(29-2,30-3)8-4-6-31-7-5-9(15,16)10(17,18)11(19,20)12(21,22)13(23,24)14(25,26)27/h4-8H2,1-3H3. The number of hydrogen-bond acceptors (Lipinski definition) is 4. The minimum Gasteiger partial charge on any atom is -0.377 e. The summed E-state index contributed by atoms with van der Waals surface area (Å²) in [5, 5.41) is 0. The van der Waals surface area contributed by atoms with Crippen LogP contribution in [-0.4, -0.2) is 77.4 Å². The summed E-state index contributed by atoms with van der Waals surface area (Å²) in [6.45, 7) is 0. The highest BCUT2D eigenvalue weighted by Gasteiger charge is 2.90. The molecule has 0 aliphatic carbocycles. The number of alkyl halides is 13. The maximum Gasteiger partial charge on any atom is 0.500 e. The van der Waals surface area contributed by atoms with Crippen LogP contribution in [-0.2, 0) is 13.3 Å². The van der Waals surface area contributed by atoms with Crippen molar-refractivity contribution in [1.29, 1.82) is 0 Å². The van der Waals surface area contributed by atoms with Gasteiger partial charge in [-0.15, -0.1) is 0 Å². The Hall–Kier alpha value is -0.463. The average molecular weight is 542 g/mol. The molecular formula is C14H19F13O3SSi. The molecule has 0 rings (SSSR count). The highest BCUT2D eigenvalue weighted by molar-refractivity contribution is 7.99. The first-order valence-electron chi connectivity index (χ1n) is 8.33. The van der Waals surface area contributed by atoms with Crippen LogP contribution in [0.25, 0.3) is 0 Å². The first kappa shape index (κ1) is 31.5. The predicted molar refractivity (Wildman–Crippen MR) is 88.9 cm³/mol. The van der Waals surface area contributed by atoms with E-state index in [1.807, 2.05) is 0 Å². The Balaban J connectivity index is 5.25. The van der Waals surface area contributed by atoms with Crippen LogP contribution in [0.4, 0.5) is 57.1 Å². The minimum absolute atomic E-state index is 0.0643. The summed E-state index contributed by atoms with van der Waals surface area (Å²) < 4.78 is 184. The van der Waals surface area contributed by atoms with Gasteiger partial charge in [-0.1, -0.05) is 0 Å². The van der Waals surface area contributed by atoms with E-state index in [2.05, 4.69) is 0 Å². The van der Waals surface area contributed by atoms with E-state index in [4.69, 9.17) is 13.3 Å². The second-order valence-corrected chi connectivity index (χ2v) is 10.6. The van der Waals surface area contributed by atoms with Gasteiger partial charge >= 0.3 is 44.6 Å². The average Bonchev–Trinajstić information content (AvgIpc) is 2.66. The first-order chi connectivity index (χ1) is 14.1. The highest BCUT2D eigenvalue weighted by Crippen LogP contribution is 2.60. The monoisotopic (exact) mass is 542 g/mol. The Morgan fingerprint density at radius 3 is 1.38 bits per heavy atom. The van der Waals surface area contributed by atoms with E-state index in [-0.39, 0.29) is 18.2 Å². The minimum atomic E-state index is -7.87. The lowest BCUT2D eigenvalue weighted by Crippen LogP contribution is -2.70. The maximum atomic E-state index is 13.6. The molecule has 0 unspecified atom stereocenters. The van der Waals surface area contributed by atoms with E-state index in [9.17, 15) is 57.1 Å². The summed E-state index contributed by atoms with van der Waals surface area (Å²) in [5.74, 6) is -37.7. The zero-order chi connectivity index (χ0) is 25.9. The van der Waals surface area contributed by atoms with E-state index in [1.54, 1.807) is 0 Å². The summed E-state index contributed by atoms with van der Waals surface area (Å²) in [7, 11) is 0.721. The van der Waals surface area contributed by atoms with Gasteiger partial charge in [0.2, 0.25) is 0 Å². The van der Waals surface area contributed by atoms with Gasteiger partial charge in [0.05, 0.1) is 0 Å². The predicted octanol–water partition coefficient (Wildman–Crippen LogP) is 6.12. The van der Waals surface area contributed by atoms with Crippen molar-refractivity contribution in [1.82, 2.24) is 0 Å². The van der Waals surface area contributed by atoms with Gasteiger partial charge in [-0.3, -0.25) is 0 Å². The fourth-order valence-corrected chi connectivity index (χ4v) is 5.14. The molecule has 0 aromatic heterocycles. The zero-order valence-electron chi connectivity index (χ0n) is 16.6. The first-order valence-corrected chi connectivity index (χ1v) is 11.4. The van der Waals surface area contributed by atoms with Crippen molar-refractivity contribution >= 4 is 20.6 Å². The van der Waals surface area contributed by atoms with Crippen molar-refractivity contribution in [3.8, 4) is 0 Å². The van der Waals surface area contributed by atoms with Gasteiger partial charge in [0.15, 0.2) is 0 Å². The van der Waals surface area contributed by atoms with Crippen molar-refractivity contribution < 1.29 is 70.4 Å². The molecule has 32 heavy (non-hydrogen) atoms. The van der Waals surface area contributed by atoms with Crippen molar-refractivity contribution in [2.75, 3.05) is 32.8 Å². The van der Waals surface area contributed by atoms with Crippen molar-refractivity contribution in [3.05, 3.63) is 0 Å². The van der Waals surface area contributed by atoms with Crippen LogP contribution in [0, 0.1) is 0 Å². The summed E-state index contributed by atoms with van der Waals surface area (Å²) in [6.07, 6.45) is -9.48. The molecule has 0 fully saturated rings. The van der Waals surface area contributed by atoms with E-state index in [0.29, 0.717) is 11.8 Å².